The van der Waals surface area contributed by atoms with Gasteiger partial charge in [-0.25, -0.2) is 4.98 Å². The van der Waals surface area contributed by atoms with Crippen LogP contribution in [0.15, 0.2) is 24.4 Å². The number of rotatable bonds is 3. The molecule has 1 saturated carbocycles. The first-order valence-corrected chi connectivity index (χ1v) is 7.81. The summed E-state index contributed by atoms with van der Waals surface area (Å²) in [5.74, 6) is 1.67. The molecular formula is C17H25N3. The normalized spacial score (nSPS) is 27.1. The fourth-order valence-electron chi connectivity index (χ4n) is 3.57. The van der Waals surface area contributed by atoms with E-state index in [-0.39, 0.29) is 0 Å². The molecule has 3 unspecified atom stereocenters. The number of nitrogens with one attached hydrogen (secondary N) is 1. The largest absolute Gasteiger partial charge is 0.308 e. The van der Waals surface area contributed by atoms with Crippen LogP contribution < -0.4 is 5.32 Å². The Bertz CT molecular complexity index is 587. The summed E-state index contributed by atoms with van der Waals surface area (Å²) in [6, 6.07) is 6.84. The van der Waals surface area contributed by atoms with Gasteiger partial charge in [0.25, 0.3) is 0 Å². The van der Waals surface area contributed by atoms with Gasteiger partial charge >= 0.3 is 0 Å². The van der Waals surface area contributed by atoms with Gasteiger partial charge in [0.05, 0.1) is 11.4 Å². The van der Waals surface area contributed by atoms with E-state index in [1.807, 2.05) is 6.07 Å². The maximum absolute atomic E-state index is 4.63. The number of hydrogen-bond donors (Lipinski definition) is 1. The topological polar surface area (TPSA) is 29.3 Å². The van der Waals surface area contributed by atoms with Crippen LogP contribution in [-0.2, 0) is 6.54 Å². The third kappa shape index (κ3) is 2.59. The maximum atomic E-state index is 4.63. The van der Waals surface area contributed by atoms with Crippen LogP contribution in [0.3, 0.4) is 0 Å². The standard InChI is InChI=1S/C17H25N3/c1-12-7-8-15(13(2)10-12)18-11-16-14(3)19-17-6-4-5-9-20(16)17/h4-6,9,12-13,15,18H,7-8,10-11H2,1-3H3. The lowest BCUT2D eigenvalue weighted by atomic mass is 9.80. The zero-order valence-electron chi connectivity index (χ0n) is 12.8. The molecule has 1 fully saturated rings. The van der Waals surface area contributed by atoms with Crippen molar-refractivity contribution in [1.82, 2.24) is 14.7 Å². The van der Waals surface area contributed by atoms with E-state index in [1.54, 1.807) is 0 Å². The zero-order chi connectivity index (χ0) is 14.1. The third-order valence-corrected chi connectivity index (χ3v) is 4.79. The first-order chi connectivity index (χ1) is 9.65. The number of imidazole rings is 1. The fraction of sp³-hybridized carbons (Fsp3) is 0.588. The minimum absolute atomic E-state index is 0.653. The van der Waals surface area contributed by atoms with Crippen LogP contribution in [0.2, 0.25) is 0 Å². The SMILES string of the molecule is Cc1nc2ccccn2c1CNC1CCC(C)CC1C. The minimum Gasteiger partial charge on any atom is -0.308 e. The predicted molar refractivity (Wildman–Crippen MR) is 82.7 cm³/mol. The van der Waals surface area contributed by atoms with E-state index in [0.717, 1.165) is 29.7 Å². The van der Waals surface area contributed by atoms with Gasteiger partial charge in [-0.2, -0.15) is 0 Å². The van der Waals surface area contributed by atoms with Gasteiger partial charge in [-0.05, 0) is 50.2 Å². The van der Waals surface area contributed by atoms with Crippen molar-refractivity contribution in [3.05, 3.63) is 35.8 Å². The van der Waals surface area contributed by atoms with Crippen molar-refractivity contribution in [2.75, 3.05) is 0 Å². The van der Waals surface area contributed by atoms with Crippen molar-refractivity contribution in [1.29, 1.82) is 0 Å². The highest BCUT2D eigenvalue weighted by Crippen LogP contribution is 2.28. The second-order valence-electron chi connectivity index (χ2n) is 6.46. The van der Waals surface area contributed by atoms with Gasteiger partial charge in [-0.1, -0.05) is 19.9 Å². The van der Waals surface area contributed by atoms with E-state index in [4.69, 9.17) is 0 Å². The maximum Gasteiger partial charge on any atom is 0.137 e. The monoisotopic (exact) mass is 271 g/mol. The Balaban J connectivity index is 1.72. The molecular weight excluding hydrogens is 246 g/mol. The fourth-order valence-corrected chi connectivity index (χ4v) is 3.57. The summed E-state index contributed by atoms with van der Waals surface area (Å²) in [7, 11) is 0. The molecule has 1 N–H and O–H groups in total. The molecule has 0 amide bonds. The molecule has 2 heterocycles. The van der Waals surface area contributed by atoms with Crippen molar-refractivity contribution >= 4 is 5.65 Å². The van der Waals surface area contributed by atoms with Gasteiger partial charge in [-0.15, -0.1) is 0 Å². The van der Waals surface area contributed by atoms with Gasteiger partial charge in [0, 0.05) is 18.8 Å². The quantitative estimate of drug-likeness (QED) is 0.925. The summed E-state index contributed by atoms with van der Waals surface area (Å²) >= 11 is 0. The second kappa shape index (κ2) is 5.57. The smallest absolute Gasteiger partial charge is 0.137 e. The van der Waals surface area contributed by atoms with Crippen molar-refractivity contribution in [3.8, 4) is 0 Å². The van der Waals surface area contributed by atoms with Crippen LogP contribution in [-0.4, -0.2) is 15.4 Å². The molecule has 0 radical (unpaired) electrons. The Labute approximate surface area is 121 Å². The van der Waals surface area contributed by atoms with E-state index in [9.17, 15) is 0 Å². The summed E-state index contributed by atoms with van der Waals surface area (Å²) < 4.78 is 2.21. The van der Waals surface area contributed by atoms with E-state index >= 15 is 0 Å². The van der Waals surface area contributed by atoms with Gasteiger partial charge in [0.15, 0.2) is 0 Å². The molecule has 0 spiro atoms. The van der Waals surface area contributed by atoms with Crippen molar-refractivity contribution < 1.29 is 0 Å². The number of aromatic nitrogens is 2. The minimum atomic E-state index is 0.653. The van der Waals surface area contributed by atoms with Crippen LogP contribution in [0.25, 0.3) is 5.65 Å². The van der Waals surface area contributed by atoms with E-state index in [1.165, 1.54) is 25.0 Å². The highest BCUT2D eigenvalue weighted by Gasteiger charge is 2.25. The highest BCUT2D eigenvalue weighted by molar-refractivity contribution is 5.42. The molecule has 0 aromatic carbocycles. The van der Waals surface area contributed by atoms with Crippen molar-refractivity contribution in [3.63, 3.8) is 0 Å². The Morgan fingerprint density at radius 3 is 2.95 bits per heavy atom. The first-order valence-electron chi connectivity index (χ1n) is 7.81. The molecule has 20 heavy (non-hydrogen) atoms. The van der Waals surface area contributed by atoms with E-state index < -0.39 is 0 Å². The van der Waals surface area contributed by atoms with Gasteiger partial charge < -0.3 is 9.72 Å². The van der Waals surface area contributed by atoms with Crippen LogP contribution >= 0.6 is 0 Å². The van der Waals surface area contributed by atoms with E-state index in [2.05, 4.69) is 53.8 Å². The van der Waals surface area contributed by atoms with Crippen LogP contribution in [0, 0.1) is 18.8 Å². The summed E-state index contributed by atoms with van der Waals surface area (Å²) in [4.78, 5) is 4.63. The zero-order valence-corrected chi connectivity index (χ0v) is 12.8. The summed E-state index contributed by atoms with van der Waals surface area (Å²) in [6.07, 6.45) is 6.12. The van der Waals surface area contributed by atoms with E-state index in [0.29, 0.717) is 6.04 Å². The van der Waals surface area contributed by atoms with Crippen LogP contribution in [0.4, 0.5) is 0 Å². The van der Waals surface area contributed by atoms with Crippen LogP contribution in [0.1, 0.15) is 44.5 Å². The Hall–Kier alpha value is -1.35. The van der Waals surface area contributed by atoms with Crippen molar-refractivity contribution in [2.45, 2.75) is 52.6 Å². The lowest BCUT2D eigenvalue weighted by Gasteiger charge is -2.33. The highest BCUT2D eigenvalue weighted by atomic mass is 15.0. The molecule has 3 atom stereocenters. The summed E-state index contributed by atoms with van der Waals surface area (Å²) in [5.41, 5.74) is 3.49. The predicted octanol–water partition coefficient (Wildman–Crippen LogP) is 3.56. The Kier molecular flexibility index (Phi) is 3.79. The summed E-state index contributed by atoms with van der Waals surface area (Å²) in [6.45, 7) is 7.78. The number of aryl methyl sites for hydroxylation is 1. The Morgan fingerprint density at radius 2 is 2.15 bits per heavy atom. The molecule has 1 aliphatic carbocycles. The molecule has 0 bridgehead atoms. The van der Waals surface area contributed by atoms with Crippen LogP contribution in [0.5, 0.6) is 0 Å². The molecule has 0 saturated heterocycles. The number of fused-ring (bicyclic) bond motifs is 1. The third-order valence-electron chi connectivity index (χ3n) is 4.79. The summed E-state index contributed by atoms with van der Waals surface area (Å²) in [5, 5.41) is 3.77. The molecule has 3 heteroatoms. The molecule has 3 rings (SSSR count). The first kappa shape index (κ1) is 13.6. The van der Waals surface area contributed by atoms with Gasteiger partial charge in [0.2, 0.25) is 0 Å². The lowest BCUT2D eigenvalue weighted by molar-refractivity contribution is 0.226. The van der Waals surface area contributed by atoms with Gasteiger partial charge in [0.1, 0.15) is 5.65 Å². The molecule has 1 aliphatic rings. The average Bonchev–Trinajstić information content (AvgIpc) is 2.74. The van der Waals surface area contributed by atoms with Gasteiger partial charge in [-0.3, -0.25) is 0 Å². The number of nitrogens with zero attached hydrogens (tertiary/aromatic N) is 2. The lowest BCUT2D eigenvalue weighted by Crippen LogP contribution is -2.38. The Morgan fingerprint density at radius 1 is 1.30 bits per heavy atom. The second-order valence-corrected chi connectivity index (χ2v) is 6.46. The molecule has 3 nitrogen and oxygen atoms in total. The molecule has 108 valence electrons. The molecule has 2 aromatic heterocycles. The number of pyridine rings is 1. The number of hydrogen-bond acceptors (Lipinski definition) is 2. The molecule has 2 aromatic rings. The molecule has 0 aliphatic heterocycles. The average molecular weight is 271 g/mol. The van der Waals surface area contributed by atoms with Crippen molar-refractivity contribution in [2.24, 2.45) is 11.8 Å².